The SMILES string of the molecule is CSc1cccc(NC(=O)C2CCCN(C(=O)c3cnn(-c4ccc(F)cc4)c3-n3cccc3)C2)c1. The summed E-state index contributed by atoms with van der Waals surface area (Å²) in [4.78, 5) is 29.5. The molecule has 0 radical (unpaired) electrons. The number of carbonyl (C=O) groups excluding carboxylic acids is 2. The van der Waals surface area contributed by atoms with Gasteiger partial charge in [-0.3, -0.25) is 9.59 Å². The van der Waals surface area contributed by atoms with Gasteiger partial charge in [0, 0.05) is 36.1 Å². The number of thioether (sulfide) groups is 1. The van der Waals surface area contributed by atoms with E-state index in [1.54, 1.807) is 39.7 Å². The van der Waals surface area contributed by atoms with Gasteiger partial charge in [0.05, 0.1) is 17.8 Å². The van der Waals surface area contributed by atoms with Crippen LogP contribution in [0.15, 0.2) is 84.1 Å². The van der Waals surface area contributed by atoms with Gasteiger partial charge in [-0.05, 0) is 73.7 Å². The van der Waals surface area contributed by atoms with Gasteiger partial charge in [0.15, 0.2) is 5.82 Å². The van der Waals surface area contributed by atoms with E-state index in [9.17, 15) is 14.0 Å². The van der Waals surface area contributed by atoms with Gasteiger partial charge in [-0.1, -0.05) is 6.07 Å². The Morgan fingerprint density at radius 3 is 2.61 bits per heavy atom. The molecule has 1 aliphatic heterocycles. The van der Waals surface area contributed by atoms with Crippen LogP contribution in [0.2, 0.25) is 0 Å². The van der Waals surface area contributed by atoms with E-state index in [-0.39, 0.29) is 23.5 Å². The standard InChI is InChI=1S/C27H26FN5O2S/c1-36-23-8-4-7-21(16-23)30-25(34)19-6-5-15-32(18-19)27(35)24-17-29-33(22-11-9-20(28)10-12-22)26(24)31-13-2-3-14-31/h2-4,7-14,16-17,19H,5-6,15,18H2,1H3,(H,30,34). The number of benzene rings is 2. The molecule has 5 rings (SSSR count). The third-order valence-corrected chi connectivity index (χ3v) is 7.04. The van der Waals surface area contributed by atoms with E-state index >= 15 is 0 Å². The molecule has 1 N–H and O–H groups in total. The summed E-state index contributed by atoms with van der Waals surface area (Å²) in [5, 5.41) is 7.47. The minimum Gasteiger partial charge on any atom is -0.338 e. The van der Waals surface area contributed by atoms with Crippen LogP contribution >= 0.6 is 11.8 Å². The lowest BCUT2D eigenvalue weighted by Gasteiger charge is -2.32. The molecule has 1 atom stereocenters. The monoisotopic (exact) mass is 503 g/mol. The van der Waals surface area contributed by atoms with E-state index in [1.807, 2.05) is 59.6 Å². The molecule has 9 heteroatoms. The second kappa shape index (κ2) is 10.4. The van der Waals surface area contributed by atoms with E-state index in [2.05, 4.69) is 10.4 Å². The summed E-state index contributed by atoms with van der Waals surface area (Å²) < 4.78 is 16.9. The summed E-state index contributed by atoms with van der Waals surface area (Å²) in [6, 6.07) is 17.4. The Bertz CT molecular complexity index is 1370. The molecule has 2 amide bonds. The highest BCUT2D eigenvalue weighted by Crippen LogP contribution is 2.26. The molecule has 0 saturated carbocycles. The Morgan fingerprint density at radius 2 is 1.86 bits per heavy atom. The number of halogens is 1. The summed E-state index contributed by atoms with van der Waals surface area (Å²) in [7, 11) is 0. The van der Waals surface area contributed by atoms with Gasteiger partial charge in [-0.15, -0.1) is 11.8 Å². The molecule has 1 fully saturated rings. The highest BCUT2D eigenvalue weighted by atomic mass is 32.2. The van der Waals surface area contributed by atoms with Crippen molar-refractivity contribution in [2.45, 2.75) is 17.7 Å². The van der Waals surface area contributed by atoms with Crippen molar-refractivity contribution in [3.63, 3.8) is 0 Å². The van der Waals surface area contributed by atoms with Gasteiger partial charge in [-0.2, -0.15) is 5.10 Å². The maximum absolute atomic E-state index is 13.7. The second-order valence-corrected chi connectivity index (χ2v) is 9.55. The quantitative estimate of drug-likeness (QED) is 0.375. The molecule has 2 aromatic carbocycles. The van der Waals surface area contributed by atoms with Gasteiger partial charge < -0.3 is 14.8 Å². The number of likely N-dealkylation sites (tertiary alicyclic amines) is 1. The average molecular weight is 504 g/mol. The number of anilines is 1. The minimum absolute atomic E-state index is 0.0848. The van der Waals surface area contributed by atoms with Crippen LogP contribution in [0.3, 0.4) is 0 Å². The Hall–Kier alpha value is -3.85. The van der Waals surface area contributed by atoms with Crippen molar-refractivity contribution in [3.8, 4) is 11.5 Å². The normalized spacial score (nSPS) is 15.6. The van der Waals surface area contributed by atoms with Crippen LogP contribution in [0.25, 0.3) is 11.5 Å². The lowest BCUT2D eigenvalue weighted by molar-refractivity contribution is -0.121. The van der Waals surface area contributed by atoms with Crippen LogP contribution in [0.5, 0.6) is 0 Å². The van der Waals surface area contributed by atoms with Gasteiger partial charge in [0.2, 0.25) is 5.91 Å². The summed E-state index contributed by atoms with van der Waals surface area (Å²) >= 11 is 1.62. The predicted molar refractivity (Wildman–Crippen MR) is 138 cm³/mol. The van der Waals surface area contributed by atoms with Crippen molar-refractivity contribution in [3.05, 3.63) is 90.6 Å². The van der Waals surface area contributed by atoms with Gasteiger partial charge in [0.1, 0.15) is 11.4 Å². The maximum Gasteiger partial charge on any atom is 0.259 e. The third kappa shape index (κ3) is 4.92. The number of hydrogen-bond donors (Lipinski definition) is 1. The van der Waals surface area contributed by atoms with Crippen molar-refractivity contribution in [1.82, 2.24) is 19.2 Å². The number of amides is 2. The van der Waals surface area contributed by atoms with Gasteiger partial charge in [0.25, 0.3) is 5.91 Å². The highest BCUT2D eigenvalue weighted by molar-refractivity contribution is 7.98. The first-order chi connectivity index (χ1) is 17.5. The lowest BCUT2D eigenvalue weighted by atomic mass is 9.96. The van der Waals surface area contributed by atoms with Crippen LogP contribution < -0.4 is 5.32 Å². The summed E-state index contributed by atoms with van der Waals surface area (Å²) in [6.07, 6.45) is 8.66. The molecule has 184 valence electrons. The van der Waals surface area contributed by atoms with Crippen LogP contribution in [-0.2, 0) is 4.79 Å². The predicted octanol–water partition coefficient (Wildman–Crippen LogP) is 5.01. The fourth-order valence-corrected chi connectivity index (χ4v) is 4.94. The third-order valence-electron chi connectivity index (χ3n) is 6.31. The van der Waals surface area contributed by atoms with E-state index in [0.29, 0.717) is 30.2 Å². The smallest absolute Gasteiger partial charge is 0.259 e. The Morgan fingerprint density at radius 1 is 1.08 bits per heavy atom. The topological polar surface area (TPSA) is 72.2 Å². The number of carbonyl (C=O) groups is 2. The number of aromatic nitrogens is 3. The molecule has 0 aliphatic carbocycles. The molecule has 2 aromatic heterocycles. The second-order valence-electron chi connectivity index (χ2n) is 8.67. The number of hydrogen-bond acceptors (Lipinski definition) is 4. The average Bonchev–Trinajstić information content (AvgIpc) is 3.59. The molecule has 3 heterocycles. The Balaban J connectivity index is 1.38. The number of nitrogens with zero attached hydrogens (tertiary/aromatic N) is 4. The molecule has 7 nitrogen and oxygen atoms in total. The highest BCUT2D eigenvalue weighted by Gasteiger charge is 2.31. The Kier molecular flexibility index (Phi) is 6.90. The molecular weight excluding hydrogens is 477 g/mol. The Labute approximate surface area is 212 Å². The zero-order valence-corrected chi connectivity index (χ0v) is 20.6. The van der Waals surface area contributed by atoms with Crippen molar-refractivity contribution in [2.24, 2.45) is 5.92 Å². The zero-order chi connectivity index (χ0) is 25.1. The van der Waals surface area contributed by atoms with Crippen LogP contribution in [0, 0.1) is 11.7 Å². The molecule has 0 spiro atoms. The molecule has 1 aliphatic rings. The summed E-state index contributed by atoms with van der Waals surface area (Å²) in [5.41, 5.74) is 1.82. The largest absolute Gasteiger partial charge is 0.338 e. The zero-order valence-electron chi connectivity index (χ0n) is 19.8. The van der Waals surface area contributed by atoms with E-state index in [4.69, 9.17) is 0 Å². The molecular formula is C27H26FN5O2S. The fraction of sp³-hybridized carbons (Fsp3) is 0.222. The van der Waals surface area contributed by atoms with E-state index < -0.39 is 0 Å². The first-order valence-electron chi connectivity index (χ1n) is 11.7. The van der Waals surface area contributed by atoms with Crippen molar-refractivity contribution in [2.75, 3.05) is 24.7 Å². The molecule has 36 heavy (non-hydrogen) atoms. The van der Waals surface area contributed by atoms with E-state index in [0.717, 1.165) is 23.4 Å². The molecule has 1 unspecified atom stereocenters. The minimum atomic E-state index is -0.345. The number of nitrogens with one attached hydrogen (secondary N) is 1. The number of rotatable bonds is 6. The van der Waals surface area contributed by atoms with Crippen molar-refractivity contribution in [1.29, 1.82) is 0 Å². The van der Waals surface area contributed by atoms with Crippen LogP contribution in [-0.4, -0.2) is 50.4 Å². The first-order valence-corrected chi connectivity index (χ1v) is 13.0. The fourth-order valence-electron chi connectivity index (χ4n) is 4.48. The van der Waals surface area contributed by atoms with Crippen molar-refractivity contribution < 1.29 is 14.0 Å². The van der Waals surface area contributed by atoms with E-state index in [1.165, 1.54) is 12.1 Å². The first kappa shape index (κ1) is 23.9. The van der Waals surface area contributed by atoms with Crippen LogP contribution in [0.1, 0.15) is 23.2 Å². The van der Waals surface area contributed by atoms with Gasteiger partial charge in [-0.25, -0.2) is 9.07 Å². The molecule has 4 aromatic rings. The van der Waals surface area contributed by atoms with Crippen molar-refractivity contribution >= 4 is 29.3 Å². The molecule has 1 saturated heterocycles. The lowest BCUT2D eigenvalue weighted by Crippen LogP contribution is -2.44. The van der Waals surface area contributed by atoms with Gasteiger partial charge >= 0.3 is 0 Å². The number of piperidine rings is 1. The summed E-state index contributed by atoms with van der Waals surface area (Å²) in [5.74, 6) is -0.352. The summed E-state index contributed by atoms with van der Waals surface area (Å²) in [6.45, 7) is 0.900. The van der Waals surface area contributed by atoms with Crippen LogP contribution in [0.4, 0.5) is 10.1 Å². The maximum atomic E-state index is 13.7. The molecule has 0 bridgehead atoms.